The molecule has 8 nitrogen and oxygen atoms in total. The maximum Gasteiger partial charge on any atom is 0.293 e. The molecule has 1 aliphatic heterocycles. The minimum Gasteiger partial charge on any atom is -0.465 e. The Morgan fingerprint density at radius 1 is 1.60 bits per heavy atom. The summed E-state index contributed by atoms with van der Waals surface area (Å²) in [6, 6.07) is 3.64. The number of nitrogen functional groups attached to an aromatic ring is 1. The third kappa shape index (κ3) is 2.08. The molecule has 1 saturated heterocycles. The zero-order valence-electron chi connectivity index (χ0n) is 10.5. The summed E-state index contributed by atoms with van der Waals surface area (Å²) in [5.41, 5.74) is 7.24. The Balaban J connectivity index is 1.85. The maximum atomic E-state index is 10.2. The van der Waals surface area contributed by atoms with Crippen molar-refractivity contribution in [1.29, 1.82) is 0 Å². The lowest BCUT2D eigenvalue weighted by molar-refractivity contribution is -0.134. The van der Waals surface area contributed by atoms with Crippen LogP contribution in [0.15, 0.2) is 18.5 Å². The molecule has 0 aliphatic carbocycles. The first-order chi connectivity index (χ1) is 9.70. The molecule has 8 heteroatoms. The van der Waals surface area contributed by atoms with Crippen molar-refractivity contribution in [3.05, 3.63) is 24.2 Å². The van der Waals surface area contributed by atoms with Gasteiger partial charge in [-0.25, -0.2) is 9.50 Å². The van der Waals surface area contributed by atoms with E-state index in [1.165, 1.54) is 6.33 Å². The molecule has 2 aromatic rings. The third-order valence-corrected chi connectivity index (χ3v) is 3.39. The van der Waals surface area contributed by atoms with E-state index in [1.807, 2.05) is 6.07 Å². The molecule has 0 aromatic carbocycles. The van der Waals surface area contributed by atoms with Gasteiger partial charge in [-0.2, -0.15) is 5.10 Å². The number of aliphatic hydroxyl groups excluding tert-OH is 1. The number of carbonyl (C=O) groups is 1. The van der Waals surface area contributed by atoms with Gasteiger partial charge < -0.3 is 20.3 Å². The molecule has 2 aromatic heterocycles. The molecule has 20 heavy (non-hydrogen) atoms. The summed E-state index contributed by atoms with van der Waals surface area (Å²) >= 11 is 0. The largest absolute Gasteiger partial charge is 0.465 e. The predicted molar refractivity (Wildman–Crippen MR) is 67.7 cm³/mol. The Morgan fingerprint density at radius 3 is 3.25 bits per heavy atom. The molecule has 0 amide bonds. The first kappa shape index (κ1) is 12.8. The van der Waals surface area contributed by atoms with Crippen molar-refractivity contribution in [2.45, 2.75) is 24.7 Å². The number of nitrogens with two attached hydrogens (primary N) is 1. The van der Waals surface area contributed by atoms with E-state index in [-0.39, 0.29) is 12.7 Å². The van der Waals surface area contributed by atoms with Crippen LogP contribution in [0.3, 0.4) is 0 Å². The molecular formula is C12H14N4O4. The summed E-state index contributed by atoms with van der Waals surface area (Å²) in [6.45, 7) is 0.367. The number of carbonyl (C=O) groups excluding carboxylic acids is 1. The van der Waals surface area contributed by atoms with Gasteiger partial charge in [0, 0.05) is 6.42 Å². The number of aliphatic hydroxyl groups is 1. The number of nitrogens with zero attached hydrogens (tertiary/aromatic N) is 3. The van der Waals surface area contributed by atoms with Crippen LogP contribution in [-0.2, 0) is 14.3 Å². The van der Waals surface area contributed by atoms with Gasteiger partial charge >= 0.3 is 0 Å². The van der Waals surface area contributed by atoms with E-state index >= 15 is 0 Å². The van der Waals surface area contributed by atoms with Crippen LogP contribution in [0.2, 0.25) is 0 Å². The summed E-state index contributed by atoms with van der Waals surface area (Å²) in [5, 5.41) is 14.1. The summed E-state index contributed by atoms with van der Waals surface area (Å²) in [5.74, 6) is 0.380. The van der Waals surface area contributed by atoms with Crippen LogP contribution in [0.1, 0.15) is 18.2 Å². The number of ether oxygens (including phenoxy) is 2. The van der Waals surface area contributed by atoms with Crippen molar-refractivity contribution in [2.24, 2.45) is 0 Å². The Labute approximate surface area is 114 Å². The molecule has 0 radical (unpaired) electrons. The molecular weight excluding hydrogens is 264 g/mol. The Bertz CT molecular complexity index is 629. The van der Waals surface area contributed by atoms with E-state index in [4.69, 9.17) is 10.5 Å². The first-order valence-electron chi connectivity index (χ1n) is 6.17. The topological polar surface area (TPSA) is 112 Å². The van der Waals surface area contributed by atoms with Gasteiger partial charge in [0.15, 0.2) is 5.82 Å². The van der Waals surface area contributed by atoms with Gasteiger partial charge in [-0.15, -0.1) is 0 Å². The quantitative estimate of drug-likeness (QED) is 0.737. The van der Waals surface area contributed by atoms with E-state index in [0.29, 0.717) is 24.2 Å². The molecule has 2 unspecified atom stereocenters. The monoisotopic (exact) mass is 278 g/mol. The second-order valence-electron chi connectivity index (χ2n) is 4.60. The minimum atomic E-state index is -0.690. The van der Waals surface area contributed by atoms with Crippen LogP contribution in [0.5, 0.6) is 0 Å². The zero-order chi connectivity index (χ0) is 14.1. The molecule has 3 N–H and O–H groups in total. The fraction of sp³-hybridized carbons (Fsp3) is 0.417. The maximum absolute atomic E-state index is 10.2. The molecule has 0 bridgehead atoms. The van der Waals surface area contributed by atoms with E-state index in [1.54, 1.807) is 10.6 Å². The molecule has 3 rings (SSSR count). The van der Waals surface area contributed by atoms with Gasteiger partial charge in [-0.05, 0) is 12.1 Å². The van der Waals surface area contributed by atoms with E-state index in [9.17, 15) is 9.90 Å². The molecule has 1 aliphatic rings. The predicted octanol–water partition coefficient (Wildman–Crippen LogP) is -0.325. The van der Waals surface area contributed by atoms with Crippen molar-refractivity contribution < 1.29 is 19.4 Å². The van der Waals surface area contributed by atoms with Crippen LogP contribution in [-0.4, -0.2) is 45.0 Å². The van der Waals surface area contributed by atoms with Gasteiger partial charge in [0.1, 0.15) is 30.7 Å². The summed E-state index contributed by atoms with van der Waals surface area (Å²) in [7, 11) is 0. The number of hydrogen-bond acceptors (Lipinski definition) is 7. The highest BCUT2D eigenvalue weighted by Crippen LogP contribution is 2.34. The molecule has 1 fully saturated rings. The smallest absolute Gasteiger partial charge is 0.293 e. The fourth-order valence-electron chi connectivity index (χ4n) is 2.42. The Morgan fingerprint density at radius 2 is 2.45 bits per heavy atom. The van der Waals surface area contributed by atoms with Crippen LogP contribution in [0, 0.1) is 0 Å². The van der Waals surface area contributed by atoms with E-state index in [0.717, 1.165) is 5.69 Å². The van der Waals surface area contributed by atoms with Crippen molar-refractivity contribution in [3.8, 4) is 0 Å². The molecule has 3 heterocycles. The Hall–Kier alpha value is -2.19. The standard InChI is InChI=1S/C12H14N4O4/c13-12-8-2-1-7(16(8)15-5-14-12)10-3-9(18)11(20-10)4-19-6-17/h1-2,5-6,9-11,18H,3-4H2,(H2,13,14,15)/t9-,10?,11?/m0/s1. The highest BCUT2D eigenvalue weighted by atomic mass is 16.6. The molecule has 0 spiro atoms. The second-order valence-corrected chi connectivity index (χ2v) is 4.60. The van der Waals surface area contributed by atoms with Crippen molar-refractivity contribution in [3.63, 3.8) is 0 Å². The van der Waals surface area contributed by atoms with Gasteiger partial charge in [-0.1, -0.05) is 0 Å². The minimum absolute atomic E-state index is 0.0294. The van der Waals surface area contributed by atoms with Gasteiger partial charge in [0.25, 0.3) is 6.47 Å². The fourth-order valence-corrected chi connectivity index (χ4v) is 2.42. The number of anilines is 1. The van der Waals surface area contributed by atoms with Crippen LogP contribution in [0.4, 0.5) is 5.82 Å². The summed E-state index contributed by atoms with van der Waals surface area (Å²) in [6.07, 6.45) is 0.217. The number of rotatable bonds is 4. The van der Waals surface area contributed by atoms with Gasteiger partial charge in [-0.3, -0.25) is 4.79 Å². The summed E-state index contributed by atoms with van der Waals surface area (Å²) in [4.78, 5) is 14.1. The molecule has 106 valence electrons. The summed E-state index contributed by atoms with van der Waals surface area (Å²) < 4.78 is 12.0. The van der Waals surface area contributed by atoms with Crippen LogP contribution >= 0.6 is 0 Å². The number of fused-ring (bicyclic) bond motifs is 1. The van der Waals surface area contributed by atoms with E-state index in [2.05, 4.69) is 14.8 Å². The van der Waals surface area contributed by atoms with Crippen molar-refractivity contribution >= 4 is 17.8 Å². The average Bonchev–Trinajstić information content (AvgIpc) is 3.01. The average molecular weight is 278 g/mol. The van der Waals surface area contributed by atoms with Gasteiger partial charge in [0.2, 0.25) is 0 Å². The number of hydrogen-bond donors (Lipinski definition) is 2. The highest BCUT2D eigenvalue weighted by Gasteiger charge is 2.36. The van der Waals surface area contributed by atoms with E-state index < -0.39 is 12.2 Å². The second kappa shape index (κ2) is 5.06. The molecule has 3 atom stereocenters. The normalized spacial score (nSPS) is 25.9. The SMILES string of the molecule is Nc1ncnn2c(C3C[C@H](O)C(COC=O)O3)ccc12. The van der Waals surface area contributed by atoms with Crippen molar-refractivity contribution in [2.75, 3.05) is 12.3 Å². The number of aromatic nitrogens is 3. The molecule has 0 saturated carbocycles. The highest BCUT2D eigenvalue weighted by molar-refractivity contribution is 5.65. The zero-order valence-corrected chi connectivity index (χ0v) is 10.5. The third-order valence-electron chi connectivity index (χ3n) is 3.39. The van der Waals surface area contributed by atoms with Crippen LogP contribution in [0.25, 0.3) is 5.52 Å². The lowest BCUT2D eigenvalue weighted by Crippen LogP contribution is -2.26. The lowest BCUT2D eigenvalue weighted by atomic mass is 10.1. The van der Waals surface area contributed by atoms with Crippen molar-refractivity contribution in [1.82, 2.24) is 14.6 Å². The van der Waals surface area contributed by atoms with Crippen LogP contribution < -0.4 is 5.73 Å². The lowest BCUT2D eigenvalue weighted by Gasteiger charge is -2.13. The first-order valence-corrected chi connectivity index (χ1v) is 6.17. The Kier molecular flexibility index (Phi) is 3.25. The van der Waals surface area contributed by atoms with Gasteiger partial charge in [0.05, 0.1) is 11.8 Å².